The summed E-state index contributed by atoms with van der Waals surface area (Å²) in [6.45, 7) is 4.42. The number of benzene rings is 1. The Morgan fingerprint density at radius 3 is 2.47 bits per heavy atom. The molecule has 0 unspecified atom stereocenters. The van der Waals surface area contributed by atoms with E-state index in [0.29, 0.717) is 13.2 Å². The minimum Gasteiger partial charge on any atom is -0.494 e. The second-order valence-corrected chi connectivity index (χ2v) is 3.98. The molecular formula is C14H22O3. The summed E-state index contributed by atoms with van der Waals surface area (Å²) in [6.07, 6.45) is 2.74. The quantitative estimate of drug-likeness (QED) is 0.672. The SMILES string of the molecule is CCCOc1ccc(COCCCCO)cc1. The standard InChI is InChI=1S/C14H22O3/c1-2-10-17-14-7-5-13(6-8-14)12-16-11-4-3-9-15/h5-8,15H,2-4,9-12H2,1H3. The molecule has 3 heteroatoms. The highest BCUT2D eigenvalue weighted by atomic mass is 16.5. The highest BCUT2D eigenvalue weighted by Gasteiger charge is 1.96. The number of rotatable bonds is 9. The Hall–Kier alpha value is -1.06. The number of unbranched alkanes of at least 4 members (excludes halogenated alkanes) is 1. The maximum Gasteiger partial charge on any atom is 0.119 e. The number of hydrogen-bond acceptors (Lipinski definition) is 3. The molecule has 0 fully saturated rings. The largest absolute Gasteiger partial charge is 0.494 e. The monoisotopic (exact) mass is 238 g/mol. The van der Waals surface area contributed by atoms with E-state index in [9.17, 15) is 0 Å². The van der Waals surface area contributed by atoms with Crippen molar-refractivity contribution in [3.63, 3.8) is 0 Å². The van der Waals surface area contributed by atoms with Gasteiger partial charge in [0.05, 0.1) is 13.2 Å². The highest BCUT2D eigenvalue weighted by molar-refractivity contribution is 5.26. The van der Waals surface area contributed by atoms with Crippen molar-refractivity contribution < 1.29 is 14.6 Å². The van der Waals surface area contributed by atoms with Gasteiger partial charge in [-0.25, -0.2) is 0 Å². The molecule has 0 spiro atoms. The van der Waals surface area contributed by atoms with Crippen LogP contribution in [-0.4, -0.2) is 24.9 Å². The minimum atomic E-state index is 0.243. The Bertz CT molecular complexity index is 282. The van der Waals surface area contributed by atoms with E-state index >= 15 is 0 Å². The van der Waals surface area contributed by atoms with Crippen molar-refractivity contribution in [3.8, 4) is 5.75 Å². The Balaban J connectivity index is 2.20. The van der Waals surface area contributed by atoms with E-state index in [2.05, 4.69) is 6.92 Å². The zero-order chi connectivity index (χ0) is 12.3. The van der Waals surface area contributed by atoms with Gasteiger partial charge in [-0.05, 0) is 37.0 Å². The lowest BCUT2D eigenvalue weighted by Gasteiger charge is -2.06. The Morgan fingerprint density at radius 1 is 1.06 bits per heavy atom. The molecule has 0 aliphatic carbocycles. The number of ether oxygens (including phenoxy) is 2. The van der Waals surface area contributed by atoms with Gasteiger partial charge in [-0.1, -0.05) is 19.1 Å². The lowest BCUT2D eigenvalue weighted by Crippen LogP contribution is -1.98. The van der Waals surface area contributed by atoms with Crippen LogP contribution < -0.4 is 4.74 Å². The molecule has 0 radical (unpaired) electrons. The van der Waals surface area contributed by atoms with Gasteiger partial charge in [0.1, 0.15) is 5.75 Å². The molecule has 1 aromatic rings. The Kier molecular flexibility index (Phi) is 7.43. The van der Waals surface area contributed by atoms with Crippen molar-refractivity contribution in [3.05, 3.63) is 29.8 Å². The van der Waals surface area contributed by atoms with Gasteiger partial charge in [-0.2, -0.15) is 0 Å². The zero-order valence-corrected chi connectivity index (χ0v) is 10.5. The normalized spacial score (nSPS) is 10.5. The highest BCUT2D eigenvalue weighted by Crippen LogP contribution is 2.13. The molecule has 96 valence electrons. The van der Waals surface area contributed by atoms with Crippen LogP contribution in [-0.2, 0) is 11.3 Å². The summed E-state index contributed by atoms with van der Waals surface area (Å²) >= 11 is 0. The topological polar surface area (TPSA) is 38.7 Å². The summed E-state index contributed by atoms with van der Waals surface area (Å²) in [4.78, 5) is 0. The third-order valence-electron chi connectivity index (χ3n) is 2.36. The molecule has 0 aromatic heterocycles. The van der Waals surface area contributed by atoms with Gasteiger partial charge in [-0.15, -0.1) is 0 Å². The fraction of sp³-hybridized carbons (Fsp3) is 0.571. The molecule has 1 N–H and O–H groups in total. The van der Waals surface area contributed by atoms with Gasteiger partial charge >= 0.3 is 0 Å². The van der Waals surface area contributed by atoms with Gasteiger partial charge in [0, 0.05) is 13.2 Å². The molecule has 0 bridgehead atoms. The molecule has 1 aromatic carbocycles. The summed E-state index contributed by atoms with van der Waals surface area (Å²) in [5, 5.41) is 8.61. The van der Waals surface area contributed by atoms with E-state index in [0.717, 1.165) is 37.2 Å². The van der Waals surface area contributed by atoms with E-state index < -0.39 is 0 Å². The van der Waals surface area contributed by atoms with Crippen molar-refractivity contribution in [2.24, 2.45) is 0 Å². The van der Waals surface area contributed by atoms with Gasteiger partial charge in [0.25, 0.3) is 0 Å². The maximum atomic E-state index is 8.61. The predicted octanol–water partition coefficient (Wildman–Crippen LogP) is 2.76. The molecule has 0 heterocycles. The van der Waals surface area contributed by atoms with Crippen molar-refractivity contribution in [1.29, 1.82) is 0 Å². The summed E-state index contributed by atoms with van der Waals surface area (Å²) < 4.78 is 11.0. The van der Waals surface area contributed by atoms with Crippen LogP contribution in [0.5, 0.6) is 5.75 Å². The average molecular weight is 238 g/mol. The molecule has 0 amide bonds. The number of aliphatic hydroxyl groups is 1. The van der Waals surface area contributed by atoms with Crippen LogP contribution in [0.3, 0.4) is 0 Å². The molecule has 0 saturated heterocycles. The Labute approximate surface area is 103 Å². The molecule has 0 atom stereocenters. The van der Waals surface area contributed by atoms with Crippen molar-refractivity contribution in [1.82, 2.24) is 0 Å². The van der Waals surface area contributed by atoms with Gasteiger partial charge < -0.3 is 14.6 Å². The maximum absolute atomic E-state index is 8.61. The molecular weight excluding hydrogens is 216 g/mol. The first-order valence-corrected chi connectivity index (χ1v) is 6.27. The van der Waals surface area contributed by atoms with Crippen LogP contribution >= 0.6 is 0 Å². The lowest BCUT2D eigenvalue weighted by atomic mass is 10.2. The molecule has 0 aliphatic heterocycles. The summed E-state index contributed by atoms with van der Waals surface area (Å²) in [5.41, 5.74) is 1.15. The van der Waals surface area contributed by atoms with Gasteiger partial charge in [0.15, 0.2) is 0 Å². The first-order chi connectivity index (χ1) is 8.36. The van der Waals surface area contributed by atoms with Crippen LogP contribution in [0.25, 0.3) is 0 Å². The number of hydrogen-bond donors (Lipinski definition) is 1. The van der Waals surface area contributed by atoms with Gasteiger partial charge in [0.2, 0.25) is 0 Å². The van der Waals surface area contributed by atoms with E-state index in [-0.39, 0.29) is 6.61 Å². The van der Waals surface area contributed by atoms with E-state index in [1.54, 1.807) is 0 Å². The molecule has 1 rings (SSSR count). The van der Waals surface area contributed by atoms with E-state index in [1.165, 1.54) is 0 Å². The summed E-state index contributed by atoms with van der Waals surface area (Å²) in [5.74, 6) is 0.913. The third kappa shape index (κ3) is 6.29. The van der Waals surface area contributed by atoms with Crippen molar-refractivity contribution in [2.75, 3.05) is 19.8 Å². The smallest absolute Gasteiger partial charge is 0.119 e. The van der Waals surface area contributed by atoms with E-state index in [1.807, 2.05) is 24.3 Å². The summed E-state index contributed by atoms with van der Waals surface area (Å²) in [6, 6.07) is 8.00. The molecule has 17 heavy (non-hydrogen) atoms. The first kappa shape index (κ1) is 14.0. The molecule has 0 saturated carbocycles. The van der Waals surface area contributed by atoms with Crippen LogP contribution in [0.1, 0.15) is 31.7 Å². The fourth-order valence-corrected chi connectivity index (χ4v) is 1.41. The lowest BCUT2D eigenvalue weighted by molar-refractivity contribution is 0.112. The van der Waals surface area contributed by atoms with Gasteiger partial charge in [-0.3, -0.25) is 0 Å². The Morgan fingerprint density at radius 2 is 1.82 bits per heavy atom. The third-order valence-corrected chi connectivity index (χ3v) is 2.36. The molecule has 3 nitrogen and oxygen atoms in total. The average Bonchev–Trinajstić information content (AvgIpc) is 2.37. The number of aliphatic hydroxyl groups excluding tert-OH is 1. The van der Waals surface area contributed by atoms with Crippen LogP contribution in [0.2, 0.25) is 0 Å². The molecule has 0 aliphatic rings. The van der Waals surface area contributed by atoms with Crippen LogP contribution in [0.4, 0.5) is 0 Å². The minimum absolute atomic E-state index is 0.243. The second-order valence-electron chi connectivity index (χ2n) is 3.98. The first-order valence-electron chi connectivity index (χ1n) is 6.27. The van der Waals surface area contributed by atoms with Crippen LogP contribution in [0.15, 0.2) is 24.3 Å². The zero-order valence-electron chi connectivity index (χ0n) is 10.5. The summed E-state index contributed by atoms with van der Waals surface area (Å²) in [7, 11) is 0. The van der Waals surface area contributed by atoms with E-state index in [4.69, 9.17) is 14.6 Å². The fourth-order valence-electron chi connectivity index (χ4n) is 1.41. The van der Waals surface area contributed by atoms with Crippen molar-refractivity contribution in [2.45, 2.75) is 32.8 Å². The second kappa shape index (κ2) is 9.02. The van der Waals surface area contributed by atoms with Crippen molar-refractivity contribution >= 4 is 0 Å². The predicted molar refractivity (Wildman–Crippen MR) is 68.2 cm³/mol. The van der Waals surface area contributed by atoms with Crippen LogP contribution in [0, 0.1) is 0 Å².